The van der Waals surface area contributed by atoms with Crippen molar-refractivity contribution in [1.29, 1.82) is 0 Å². The Kier molecular flexibility index (Phi) is 6.57. The normalized spacial score (nSPS) is 14.6. The van der Waals surface area contributed by atoms with E-state index < -0.39 is 0 Å². The molecule has 5 nitrogen and oxygen atoms in total. The Bertz CT molecular complexity index is 843. The lowest BCUT2D eigenvalue weighted by Gasteiger charge is -2.31. The van der Waals surface area contributed by atoms with E-state index >= 15 is 0 Å². The molecular formula is C22H25ClN2O3. The predicted octanol–water partition coefficient (Wildman–Crippen LogP) is 4.40. The minimum absolute atomic E-state index is 0.0108. The van der Waals surface area contributed by atoms with Gasteiger partial charge in [-0.15, -0.1) is 0 Å². The molecule has 1 aliphatic heterocycles. The third-order valence-electron chi connectivity index (χ3n) is 5.17. The highest BCUT2D eigenvalue weighted by Gasteiger charge is 2.29. The van der Waals surface area contributed by atoms with Gasteiger partial charge in [0, 0.05) is 29.7 Å². The summed E-state index contributed by atoms with van der Waals surface area (Å²) in [5.41, 5.74) is 2.50. The molecule has 0 atom stereocenters. The first-order chi connectivity index (χ1) is 13.5. The second-order valence-corrected chi connectivity index (χ2v) is 7.39. The number of hydrogen-bond acceptors (Lipinski definition) is 3. The van der Waals surface area contributed by atoms with Crippen LogP contribution in [0.25, 0.3) is 0 Å². The monoisotopic (exact) mass is 400 g/mol. The van der Waals surface area contributed by atoms with Gasteiger partial charge in [0.1, 0.15) is 5.75 Å². The summed E-state index contributed by atoms with van der Waals surface area (Å²) in [5, 5.41) is 3.48. The van der Waals surface area contributed by atoms with Gasteiger partial charge in [-0.25, -0.2) is 0 Å². The number of piperidine rings is 1. The molecule has 0 spiro atoms. The second kappa shape index (κ2) is 9.11. The molecule has 0 unspecified atom stereocenters. The molecule has 2 aromatic rings. The third kappa shape index (κ3) is 4.65. The topological polar surface area (TPSA) is 58.6 Å². The van der Waals surface area contributed by atoms with Gasteiger partial charge in [-0.1, -0.05) is 30.7 Å². The maximum atomic E-state index is 12.8. The van der Waals surface area contributed by atoms with Crippen molar-refractivity contribution in [3.05, 3.63) is 58.6 Å². The maximum absolute atomic E-state index is 12.8. The van der Waals surface area contributed by atoms with Crippen LogP contribution in [0.4, 0.5) is 5.69 Å². The fourth-order valence-electron chi connectivity index (χ4n) is 3.43. The van der Waals surface area contributed by atoms with Crippen molar-refractivity contribution in [2.45, 2.75) is 26.2 Å². The lowest BCUT2D eigenvalue weighted by Crippen LogP contribution is -2.41. The number of anilines is 1. The van der Waals surface area contributed by atoms with E-state index in [1.807, 2.05) is 24.3 Å². The number of amides is 2. The van der Waals surface area contributed by atoms with E-state index in [0.29, 0.717) is 42.3 Å². The van der Waals surface area contributed by atoms with Crippen LogP contribution in [-0.2, 0) is 11.2 Å². The van der Waals surface area contributed by atoms with Gasteiger partial charge < -0.3 is 15.0 Å². The number of aryl methyl sites for hydroxylation is 1. The maximum Gasteiger partial charge on any atom is 0.257 e. The number of methoxy groups -OCH3 is 1. The van der Waals surface area contributed by atoms with E-state index in [-0.39, 0.29) is 17.7 Å². The molecule has 0 bridgehead atoms. The second-order valence-electron chi connectivity index (χ2n) is 6.95. The molecule has 3 rings (SSSR count). The van der Waals surface area contributed by atoms with Crippen molar-refractivity contribution in [3.8, 4) is 5.75 Å². The van der Waals surface area contributed by atoms with E-state index in [1.54, 1.807) is 23.1 Å². The number of benzene rings is 2. The molecule has 2 amide bonds. The zero-order valence-corrected chi connectivity index (χ0v) is 17.0. The average Bonchev–Trinajstić information content (AvgIpc) is 2.73. The molecule has 1 heterocycles. The van der Waals surface area contributed by atoms with Crippen molar-refractivity contribution in [2.24, 2.45) is 5.92 Å². The van der Waals surface area contributed by atoms with Gasteiger partial charge in [0.05, 0.1) is 12.7 Å². The first-order valence-corrected chi connectivity index (χ1v) is 9.92. The molecule has 1 fully saturated rings. The summed E-state index contributed by atoms with van der Waals surface area (Å²) in [5.74, 6) is 0.297. The summed E-state index contributed by atoms with van der Waals surface area (Å²) in [7, 11) is 1.53. The summed E-state index contributed by atoms with van der Waals surface area (Å²) < 4.78 is 5.28. The molecule has 0 aromatic heterocycles. The zero-order valence-electron chi connectivity index (χ0n) is 16.2. The quantitative estimate of drug-likeness (QED) is 0.809. The molecule has 0 radical (unpaired) electrons. The average molecular weight is 401 g/mol. The highest BCUT2D eigenvalue weighted by molar-refractivity contribution is 6.31. The summed E-state index contributed by atoms with van der Waals surface area (Å²) >= 11 is 6.04. The molecule has 0 aliphatic carbocycles. The smallest absolute Gasteiger partial charge is 0.257 e. The number of nitrogens with zero attached hydrogens (tertiary/aromatic N) is 1. The Morgan fingerprint density at radius 1 is 1.14 bits per heavy atom. The van der Waals surface area contributed by atoms with Gasteiger partial charge in [-0.3, -0.25) is 9.59 Å². The molecule has 1 aliphatic rings. The van der Waals surface area contributed by atoms with Gasteiger partial charge >= 0.3 is 0 Å². The number of halogens is 1. The van der Waals surface area contributed by atoms with Crippen molar-refractivity contribution in [2.75, 3.05) is 25.5 Å². The lowest BCUT2D eigenvalue weighted by atomic mass is 9.95. The highest BCUT2D eigenvalue weighted by atomic mass is 35.5. The molecule has 6 heteroatoms. The van der Waals surface area contributed by atoms with Gasteiger partial charge in [0.2, 0.25) is 5.91 Å². The minimum atomic E-state index is -0.117. The van der Waals surface area contributed by atoms with Gasteiger partial charge in [0.15, 0.2) is 0 Å². The van der Waals surface area contributed by atoms with Crippen molar-refractivity contribution in [1.82, 2.24) is 4.90 Å². The third-order valence-corrected chi connectivity index (χ3v) is 5.41. The fourth-order valence-corrected chi connectivity index (χ4v) is 3.60. The number of carbonyl (C=O) groups is 2. The Morgan fingerprint density at radius 2 is 1.82 bits per heavy atom. The highest BCUT2D eigenvalue weighted by Crippen LogP contribution is 2.27. The summed E-state index contributed by atoms with van der Waals surface area (Å²) in [6, 6.07) is 12.9. The number of nitrogens with one attached hydrogen (secondary N) is 1. The van der Waals surface area contributed by atoms with Crippen LogP contribution in [0.5, 0.6) is 5.75 Å². The minimum Gasteiger partial charge on any atom is -0.496 e. The number of hydrogen-bond donors (Lipinski definition) is 1. The van der Waals surface area contributed by atoms with E-state index in [1.165, 1.54) is 12.7 Å². The molecule has 148 valence electrons. The largest absolute Gasteiger partial charge is 0.496 e. The Hall–Kier alpha value is -2.53. The van der Waals surface area contributed by atoms with Crippen LogP contribution >= 0.6 is 11.6 Å². The van der Waals surface area contributed by atoms with Crippen LogP contribution in [0.3, 0.4) is 0 Å². The Balaban J connectivity index is 1.58. The molecule has 1 N–H and O–H groups in total. The number of carbonyl (C=O) groups excluding carboxylic acids is 2. The fraction of sp³-hybridized carbons (Fsp3) is 0.364. The van der Waals surface area contributed by atoms with Crippen molar-refractivity contribution >= 4 is 29.1 Å². The SMILES string of the molecule is CCc1ccc(NC(=O)C2CCN(C(=O)c3cc(Cl)ccc3OC)CC2)cc1. The van der Waals surface area contributed by atoms with Crippen LogP contribution in [-0.4, -0.2) is 36.9 Å². The Morgan fingerprint density at radius 3 is 2.43 bits per heavy atom. The van der Waals surface area contributed by atoms with Crippen LogP contribution in [0.1, 0.15) is 35.7 Å². The molecular weight excluding hydrogens is 376 g/mol. The molecule has 1 saturated heterocycles. The van der Waals surface area contributed by atoms with Gasteiger partial charge in [-0.05, 0) is 55.2 Å². The summed E-state index contributed by atoms with van der Waals surface area (Å²) in [4.78, 5) is 27.2. The van der Waals surface area contributed by atoms with Crippen LogP contribution in [0.2, 0.25) is 5.02 Å². The molecule has 2 aromatic carbocycles. The van der Waals surface area contributed by atoms with Crippen LogP contribution < -0.4 is 10.1 Å². The predicted molar refractivity (Wildman–Crippen MR) is 111 cm³/mol. The first-order valence-electron chi connectivity index (χ1n) is 9.54. The van der Waals surface area contributed by atoms with Crippen LogP contribution in [0.15, 0.2) is 42.5 Å². The number of ether oxygens (including phenoxy) is 1. The van der Waals surface area contributed by atoms with Crippen molar-refractivity contribution < 1.29 is 14.3 Å². The standard InChI is InChI=1S/C22H25ClN2O3/c1-3-15-4-7-18(8-5-15)24-21(26)16-10-12-25(13-11-16)22(27)19-14-17(23)6-9-20(19)28-2/h4-9,14,16H,3,10-13H2,1-2H3,(H,24,26). The zero-order chi connectivity index (χ0) is 20.1. The lowest BCUT2D eigenvalue weighted by molar-refractivity contribution is -0.121. The van der Waals surface area contributed by atoms with Crippen LogP contribution in [0, 0.1) is 5.92 Å². The summed E-state index contributed by atoms with van der Waals surface area (Å²) in [6.07, 6.45) is 2.24. The first kappa shape index (κ1) is 20.2. The molecule has 0 saturated carbocycles. The van der Waals surface area contributed by atoms with Gasteiger partial charge in [0.25, 0.3) is 5.91 Å². The van der Waals surface area contributed by atoms with E-state index in [2.05, 4.69) is 12.2 Å². The van der Waals surface area contributed by atoms with Gasteiger partial charge in [-0.2, -0.15) is 0 Å². The number of rotatable bonds is 5. The van der Waals surface area contributed by atoms with Crippen molar-refractivity contribution in [3.63, 3.8) is 0 Å². The van der Waals surface area contributed by atoms with E-state index in [4.69, 9.17) is 16.3 Å². The van der Waals surface area contributed by atoms with E-state index in [9.17, 15) is 9.59 Å². The Labute approximate surface area is 170 Å². The van der Waals surface area contributed by atoms with E-state index in [0.717, 1.165) is 12.1 Å². The molecule has 28 heavy (non-hydrogen) atoms. The number of likely N-dealkylation sites (tertiary alicyclic amines) is 1. The summed E-state index contributed by atoms with van der Waals surface area (Å²) in [6.45, 7) is 3.16.